The Labute approximate surface area is 137 Å². The first-order valence-electron chi connectivity index (χ1n) is 8.28. The standard InChI is InChI=1S/C18H24N4O/c1-21-13-17(12-20-21)18(23)19-11-15-7-3-4-8-16(15)14-22-9-5-2-6-10-22/h3-4,7-8,12-13H,2,5-6,9-11,14H2,1H3,(H,19,23). The predicted molar refractivity (Wildman–Crippen MR) is 89.9 cm³/mol. The quantitative estimate of drug-likeness (QED) is 0.922. The second-order valence-electron chi connectivity index (χ2n) is 6.19. The summed E-state index contributed by atoms with van der Waals surface area (Å²) in [5.74, 6) is -0.0779. The number of piperidine rings is 1. The third-order valence-electron chi connectivity index (χ3n) is 4.37. The van der Waals surface area contributed by atoms with Crippen molar-refractivity contribution in [1.29, 1.82) is 0 Å². The molecule has 1 aliphatic rings. The third-order valence-corrected chi connectivity index (χ3v) is 4.37. The normalized spacial score (nSPS) is 15.5. The Bertz CT molecular complexity index is 659. The van der Waals surface area contributed by atoms with Crippen molar-refractivity contribution in [2.45, 2.75) is 32.4 Å². The zero-order valence-electron chi connectivity index (χ0n) is 13.7. The van der Waals surface area contributed by atoms with Gasteiger partial charge in [0.1, 0.15) is 0 Å². The van der Waals surface area contributed by atoms with Gasteiger partial charge < -0.3 is 5.32 Å². The Hall–Kier alpha value is -2.14. The summed E-state index contributed by atoms with van der Waals surface area (Å²) in [6, 6.07) is 8.37. The Kier molecular flexibility index (Phi) is 5.08. The van der Waals surface area contributed by atoms with Gasteiger partial charge in [-0.05, 0) is 37.1 Å². The number of rotatable bonds is 5. The molecule has 3 rings (SSSR count). The van der Waals surface area contributed by atoms with Gasteiger partial charge in [0.15, 0.2) is 0 Å². The van der Waals surface area contributed by atoms with E-state index in [1.54, 1.807) is 17.1 Å². The van der Waals surface area contributed by atoms with E-state index in [4.69, 9.17) is 0 Å². The molecule has 1 saturated heterocycles. The van der Waals surface area contributed by atoms with Crippen molar-refractivity contribution in [3.8, 4) is 0 Å². The molecule has 0 radical (unpaired) electrons. The van der Waals surface area contributed by atoms with E-state index in [1.807, 2.05) is 13.1 Å². The van der Waals surface area contributed by atoms with E-state index in [2.05, 4.69) is 33.5 Å². The Morgan fingerprint density at radius 3 is 2.61 bits per heavy atom. The minimum atomic E-state index is -0.0779. The first-order valence-corrected chi connectivity index (χ1v) is 8.28. The zero-order chi connectivity index (χ0) is 16.1. The van der Waals surface area contributed by atoms with Gasteiger partial charge in [-0.1, -0.05) is 30.7 Å². The highest BCUT2D eigenvalue weighted by atomic mass is 16.1. The number of amides is 1. The lowest BCUT2D eigenvalue weighted by Gasteiger charge is -2.27. The summed E-state index contributed by atoms with van der Waals surface area (Å²) >= 11 is 0. The van der Waals surface area contributed by atoms with E-state index >= 15 is 0 Å². The van der Waals surface area contributed by atoms with Crippen molar-refractivity contribution >= 4 is 5.91 Å². The highest BCUT2D eigenvalue weighted by molar-refractivity contribution is 5.93. The minimum Gasteiger partial charge on any atom is -0.348 e. The van der Waals surface area contributed by atoms with Crippen LogP contribution in [-0.4, -0.2) is 33.7 Å². The molecular formula is C18H24N4O. The van der Waals surface area contributed by atoms with Crippen LogP contribution in [0.25, 0.3) is 0 Å². The lowest BCUT2D eigenvalue weighted by molar-refractivity contribution is 0.0950. The summed E-state index contributed by atoms with van der Waals surface area (Å²) in [6.45, 7) is 3.88. The predicted octanol–water partition coefficient (Wildman–Crippen LogP) is 2.34. The SMILES string of the molecule is Cn1cc(C(=O)NCc2ccccc2CN2CCCCC2)cn1. The minimum absolute atomic E-state index is 0.0779. The molecule has 1 aromatic heterocycles. The maximum atomic E-state index is 12.2. The number of aryl methyl sites for hydroxylation is 1. The van der Waals surface area contributed by atoms with E-state index in [0.717, 1.165) is 6.54 Å². The molecule has 5 heteroatoms. The average Bonchev–Trinajstić information content (AvgIpc) is 3.01. The van der Waals surface area contributed by atoms with Gasteiger partial charge in [0, 0.05) is 26.3 Å². The van der Waals surface area contributed by atoms with Gasteiger partial charge >= 0.3 is 0 Å². The van der Waals surface area contributed by atoms with E-state index in [0.29, 0.717) is 12.1 Å². The van der Waals surface area contributed by atoms with Crippen molar-refractivity contribution in [3.05, 3.63) is 53.3 Å². The van der Waals surface area contributed by atoms with Crippen molar-refractivity contribution < 1.29 is 4.79 Å². The zero-order valence-corrected chi connectivity index (χ0v) is 13.7. The number of hydrogen-bond acceptors (Lipinski definition) is 3. The van der Waals surface area contributed by atoms with Crippen LogP contribution in [0.15, 0.2) is 36.7 Å². The fourth-order valence-electron chi connectivity index (χ4n) is 3.06. The largest absolute Gasteiger partial charge is 0.348 e. The summed E-state index contributed by atoms with van der Waals surface area (Å²) < 4.78 is 1.64. The van der Waals surface area contributed by atoms with E-state index < -0.39 is 0 Å². The van der Waals surface area contributed by atoms with Crippen LogP contribution in [0.1, 0.15) is 40.7 Å². The summed E-state index contributed by atoms with van der Waals surface area (Å²) in [4.78, 5) is 14.7. The van der Waals surface area contributed by atoms with Gasteiger partial charge in [-0.3, -0.25) is 14.4 Å². The maximum absolute atomic E-state index is 12.2. The highest BCUT2D eigenvalue weighted by Gasteiger charge is 2.13. The lowest BCUT2D eigenvalue weighted by Crippen LogP contribution is -2.30. The highest BCUT2D eigenvalue weighted by Crippen LogP contribution is 2.16. The monoisotopic (exact) mass is 312 g/mol. The number of carbonyl (C=O) groups excluding carboxylic acids is 1. The lowest BCUT2D eigenvalue weighted by atomic mass is 10.0. The van der Waals surface area contributed by atoms with Crippen molar-refractivity contribution in [1.82, 2.24) is 20.0 Å². The first kappa shape index (κ1) is 15.7. The van der Waals surface area contributed by atoms with Gasteiger partial charge in [0.25, 0.3) is 5.91 Å². The van der Waals surface area contributed by atoms with E-state index in [-0.39, 0.29) is 5.91 Å². The third kappa shape index (κ3) is 4.20. The molecule has 0 atom stereocenters. The van der Waals surface area contributed by atoms with Crippen molar-refractivity contribution in [2.75, 3.05) is 13.1 Å². The number of carbonyl (C=O) groups is 1. The number of nitrogens with zero attached hydrogens (tertiary/aromatic N) is 3. The second kappa shape index (κ2) is 7.42. The van der Waals surface area contributed by atoms with Gasteiger partial charge in [0.05, 0.1) is 11.8 Å². The fourth-order valence-corrected chi connectivity index (χ4v) is 3.06. The number of likely N-dealkylation sites (tertiary alicyclic amines) is 1. The molecule has 1 N–H and O–H groups in total. The molecule has 1 aromatic carbocycles. The number of nitrogens with one attached hydrogen (secondary N) is 1. The summed E-state index contributed by atoms with van der Waals surface area (Å²) in [6.07, 6.45) is 7.25. The summed E-state index contributed by atoms with van der Waals surface area (Å²) in [5.41, 5.74) is 3.09. The van der Waals surface area contributed by atoms with Crippen LogP contribution >= 0.6 is 0 Å². The number of hydrogen-bond donors (Lipinski definition) is 1. The molecule has 2 aromatic rings. The van der Waals surface area contributed by atoms with Gasteiger partial charge in [-0.15, -0.1) is 0 Å². The van der Waals surface area contributed by atoms with Crippen LogP contribution < -0.4 is 5.32 Å². The summed E-state index contributed by atoms with van der Waals surface area (Å²) in [5, 5.41) is 7.03. The molecule has 1 amide bonds. The van der Waals surface area contributed by atoms with Crippen molar-refractivity contribution in [3.63, 3.8) is 0 Å². The average molecular weight is 312 g/mol. The van der Waals surface area contributed by atoms with Gasteiger partial charge in [-0.25, -0.2) is 0 Å². The first-order chi connectivity index (χ1) is 11.2. The topological polar surface area (TPSA) is 50.2 Å². The molecule has 0 spiro atoms. The van der Waals surface area contributed by atoms with E-state index in [9.17, 15) is 4.79 Å². The molecule has 122 valence electrons. The molecule has 0 bridgehead atoms. The molecule has 23 heavy (non-hydrogen) atoms. The molecule has 2 heterocycles. The molecule has 0 saturated carbocycles. The van der Waals surface area contributed by atoms with Crippen molar-refractivity contribution in [2.24, 2.45) is 7.05 Å². The Morgan fingerprint density at radius 2 is 1.91 bits per heavy atom. The molecular weight excluding hydrogens is 288 g/mol. The van der Waals surface area contributed by atoms with Gasteiger partial charge in [-0.2, -0.15) is 5.10 Å². The second-order valence-corrected chi connectivity index (χ2v) is 6.19. The summed E-state index contributed by atoms with van der Waals surface area (Å²) in [7, 11) is 1.81. The van der Waals surface area contributed by atoms with E-state index in [1.165, 1.54) is 43.5 Å². The Morgan fingerprint density at radius 1 is 1.17 bits per heavy atom. The van der Waals surface area contributed by atoms with Crippen LogP contribution in [0.2, 0.25) is 0 Å². The fraction of sp³-hybridized carbons (Fsp3) is 0.444. The van der Waals surface area contributed by atoms with Crippen LogP contribution in [-0.2, 0) is 20.1 Å². The Balaban J connectivity index is 1.62. The van der Waals surface area contributed by atoms with Gasteiger partial charge in [0.2, 0.25) is 0 Å². The smallest absolute Gasteiger partial charge is 0.254 e. The molecule has 0 aliphatic carbocycles. The molecule has 0 unspecified atom stereocenters. The van der Waals surface area contributed by atoms with Crippen LogP contribution in [0, 0.1) is 0 Å². The van der Waals surface area contributed by atoms with Crippen LogP contribution in [0.5, 0.6) is 0 Å². The molecule has 1 aliphatic heterocycles. The molecule has 5 nitrogen and oxygen atoms in total. The maximum Gasteiger partial charge on any atom is 0.254 e. The number of benzene rings is 1. The molecule has 1 fully saturated rings. The number of aromatic nitrogens is 2. The van der Waals surface area contributed by atoms with Crippen LogP contribution in [0.4, 0.5) is 0 Å². The van der Waals surface area contributed by atoms with Crippen LogP contribution in [0.3, 0.4) is 0 Å².